The predicted octanol–water partition coefficient (Wildman–Crippen LogP) is 1.97. The summed E-state index contributed by atoms with van der Waals surface area (Å²) in [7, 11) is 0. The number of para-hydroxylation sites is 1. The zero-order valence-corrected chi connectivity index (χ0v) is 14.7. The first-order chi connectivity index (χ1) is 12.1. The third kappa shape index (κ3) is 4.76. The van der Waals surface area contributed by atoms with Crippen molar-refractivity contribution in [1.29, 1.82) is 0 Å². The minimum atomic E-state index is -0.947. The molecule has 0 aliphatic carbocycles. The quantitative estimate of drug-likeness (QED) is 0.768. The summed E-state index contributed by atoms with van der Waals surface area (Å²) in [4.78, 5) is 31.0. The number of carbonyl (C=O) groups is 2. The summed E-state index contributed by atoms with van der Waals surface area (Å²) in [6.45, 7) is 4.76. The van der Waals surface area contributed by atoms with Gasteiger partial charge in [-0.15, -0.1) is 0 Å². The van der Waals surface area contributed by atoms with Crippen molar-refractivity contribution in [3.8, 4) is 0 Å². The lowest BCUT2D eigenvalue weighted by Crippen LogP contribution is -2.51. The highest BCUT2D eigenvalue weighted by Gasteiger charge is 2.25. The maximum Gasteiger partial charge on any atom is 0.253 e. The molecule has 1 atom stereocenters. The normalized spacial score (nSPS) is 12.0. The number of benzene rings is 1. The molecule has 0 radical (unpaired) electrons. The summed E-state index contributed by atoms with van der Waals surface area (Å²) in [5.74, 6) is -0.674. The Bertz CT molecular complexity index is 727. The minimum Gasteiger partial charge on any atom is -0.394 e. The highest BCUT2D eigenvalue weighted by atomic mass is 16.3. The van der Waals surface area contributed by atoms with Gasteiger partial charge in [-0.25, -0.2) is 0 Å². The van der Waals surface area contributed by atoms with Crippen molar-refractivity contribution in [1.82, 2.24) is 15.2 Å². The van der Waals surface area contributed by atoms with Crippen LogP contribution in [0, 0.1) is 0 Å². The number of hydrogen-bond acceptors (Lipinski definition) is 4. The molecule has 6 nitrogen and oxygen atoms in total. The second-order valence-electron chi connectivity index (χ2n) is 5.95. The molecule has 0 unspecified atom stereocenters. The number of rotatable bonds is 8. The smallest absolute Gasteiger partial charge is 0.253 e. The zero-order valence-electron chi connectivity index (χ0n) is 14.7. The topological polar surface area (TPSA) is 82.5 Å². The summed E-state index contributed by atoms with van der Waals surface area (Å²) < 4.78 is 0. The molecule has 0 spiro atoms. The van der Waals surface area contributed by atoms with E-state index in [1.807, 2.05) is 38.1 Å². The molecular weight excluding hydrogens is 318 g/mol. The van der Waals surface area contributed by atoms with Gasteiger partial charge in [0.15, 0.2) is 0 Å². The van der Waals surface area contributed by atoms with Crippen LogP contribution in [0.3, 0.4) is 0 Å². The van der Waals surface area contributed by atoms with Gasteiger partial charge in [-0.05, 0) is 25.0 Å². The van der Waals surface area contributed by atoms with Crippen molar-refractivity contribution in [2.75, 3.05) is 19.7 Å². The van der Waals surface area contributed by atoms with E-state index in [1.54, 1.807) is 11.0 Å². The number of aliphatic hydroxyl groups excluding tert-OH is 1. The summed E-state index contributed by atoms with van der Waals surface area (Å²) >= 11 is 0. The summed E-state index contributed by atoms with van der Waals surface area (Å²) in [5, 5.41) is 13.0. The second-order valence-corrected chi connectivity index (χ2v) is 5.95. The molecule has 134 valence electrons. The van der Waals surface area contributed by atoms with Crippen LogP contribution >= 0.6 is 0 Å². The molecule has 0 bridgehead atoms. The average molecular weight is 343 g/mol. The first-order valence-electron chi connectivity index (χ1n) is 8.66. The molecule has 2 aromatic rings. The number of nitrogens with zero attached hydrogens (tertiary/aromatic N) is 2. The van der Waals surface area contributed by atoms with E-state index in [1.165, 1.54) is 6.20 Å². The van der Waals surface area contributed by atoms with E-state index in [0.29, 0.717) is 18.7 Å². The van der Waals surface area contributed by atoms with Crippen molar-refractivity contribution in [3.63, 3.8) is 0 Å². The van der Waals surface area contributed by atoms with E-state index in [9.17, 15) is 14.7 Å². The van der Waals surface area contributed by atoms with Gasteiger partial charge in [0, 0.05) is 24.7 Å². The van der Waals surface area contributed by atoms with Crippen molar-refractivity contribution >= 4 is 22.7 Å². The van der Waals surface area contributed by atoms with E-state index in [2.05, 4.69) is 10.3 Å². The lowest BCUT2D eigenvalue weighted by molar-refractivity contribution is -0.134. The molecule has 1 heterocycles. The van der Waals surface area contributed by atoms with Crippen LogP contribution in [-0.2, 0) is 4.79 Å². The van der Waals surface area contributed by atoms with Gasteiger partial charge in [-0.2, -0.15) is 0 Å². The Kier molecular flexibility index (Phi) is 6.89. The Balaban J connectivity index is 2.13. The Labute approximate surface area is 147 Å². The largest absolute Gasteiger partial charge is 0.394 e. The Hall–Kier alpha value is -2.47. The van der Waals surface area contributed by atoms with Crippen LogP contribution in [0.5, 0.6) is 0 Å². The fourth-order valence-corrected chi connectivity index (χ4v) is 2.71. The molecule has 6 heteroatoms. The maximum atomic E-state index is 12.6. The number of aromatic nitrogens is 1. The highest BCUT2D eigenvalue weighted by molar-refractivity contribution is 5.99. The molecule has 0 saturated heterocycles. The number of aliphatic hydroxyl groups is 1. The van der Waals surface area contributed by atoms with E-state index >= 15 is 0 Å². The van der Waals surface area contributed by atoms with E-state index < -0.39 is 18.6 Å². The lowest BCUT2D eigenvalue weighted by Gasteiger charge is -2.26. The predicted molar refractivity (Wildman–Crippen MR) is 97.2 cm³/mol. The van der Waals surface area contributed by atoms with Crippen LogP contribution in [0.1, 0.15) is 37.0 Å². The first kappa shape index (κ1) is 18.9. The number of carbonyl (C=O) groups excluding carboxylic acids is 2. The molecular formula is C19H25N3O3. The van der Waals surface area contributed by atoms with Crippen molar-refractivity contribution < 1.29 is 14.7 Å². The number of amides is 2. The summed E-state index contributed by atoms with van der Waals surface area (Å²) in [6, 6.07) is 8.27. The Morgan fingerprint density at radius 2 is 1.88 bits per heavy atom. The van der Waals surface area contributed by atoms with Crippen LogP contribution in [0.2, 0.25) is 0 Å². The SMILES string of the molecule is CCCN(CCC)C(=O)[C@H](CO)NC(=O)c1cnc2ccccc2c1. The fourth-order valence-electron chi connectivity index (χ4n) is 2.71. The Morgan fingerprint density at radius 1 is 1.20 bits per heavy atom. The third-order valence-electron chi connectivity index (χ3n) is 3.94. The lowest BCUT2D eigenvalue weighted by atomic mass is 10.1. The number of nitrogens with one attached hydrogen (secondary N) is 1. The fraction of sp³-hybridized carbons (Fsp3) is 0.421. The standard InChI is InChI=1S/C19H25N3O3/c1-3-9-22(10-4-2)19(25)17(13-23)21-18(24)15-11-14-7-5-6-8-16(14)20-12-15/h5-8,11-12,17,23H,3-4,9-10,13H2,1-2H3,(H,21,24)/t17-/m0/s1. The van der Waals surface area contributed by atoms with Crippen LogP contribution in [0.15, 0.2) is 36.5 Å². The zero-order chi connectivity index (χ0) is 18.2. The van der Waals surface area contributed by atoms with Crippen LogP contribution in [-0.4, -0.2) is 52.5 Å². The van der Waals surface area contributed by atoms with E-state index in [-0.39, 0.29) is 5.91 Å². The second kappa shape index (κ2) is 9.13. The van der Waals surface area contributed by atoms with Gasteiger partial charge in [0.05, 0.1) is 17.7 Å². The van der Waals surface area contributed by atoms with Crippen LogP contribution in [0.25, 0.3) is 10.9 Å². The molecule has 0 fully saturated rings. The van der Waals surface area contributed by atoms with Crippen LogP contribution in [0.4, 0.5) is 0 Å². The van der Waals surface area contributed by atoms with Gasteiger partial charge < -0.3 is 15.3 Å². The van der Waals surface area contributed by atoms with Gasteiger partial charge in [0.2, 0.25) is 5.91 Å². The van der Waals surface area contributed by atoms with E-state index in [0.717, 1.165) is 23.7 Å². The van der Waals surface area contributed by atoms with Gasteiger partial charge in [-0.3, -0.25) is 14.6 Å². The molecule has 0 aliphatic rings. The van der Waals surface area contributed by atoms with Crippen molar-refractivity contribution in [2.45, 2.75) is 32.7 Å². The molecule has 0 saturated carbocycles. The van der Waals surface area contributed by atoms with Crippen LogP contribution < -0.4 is 5.32 Å². The monoisotopic (exact) mass is 343 g/mol. The summed E-state index contributed by atoms with van der Waals surface area (Å²) in [6.07, 6.45) is 3.13. The molecule has 25 heavy (non-hydrogen) atoms. The number of fused-ring (bicyclic) bond motifs is 1. The molecule has 2 rings (SSSR count). The Morgan fingerprint density at radius 3 is 2.52 bits per heavy atom. The van der Waals surface area contributed by atoms with E-state index in [4.69, 9.17) is 0 Å². The third-order valence-corrected chi connectivity index (χ3v) is 3.94. The average Bonchev–Trinajstić information content (AvgIpc) is 2.64. The van der Waals surface area contributed by atoms with Gasteiger partial charge in [0.1, 0.15) is 6.04 Å². The molecule has 2 N–H and O–H groups in total. The summed E-state index contributed by atoms with van der Waals surface area (Å²) in [5.41, 5.74) is 1.16. The van der Waals surface area contributed by atoms with Gasteiger partial charge in [0.25, 0.3) is 5.91 Å². The minimum absolute atomic E-state index is 0.256. The molecule has 2 amide bonds. The first-order valence-corrected chi connectivity index (χ1v) is 8.66. The molecule has 0 aliphatic heterocycles. The number of hydrogen-bond donors (Lipinski definition) is 2. The number of pyridine rings is 1. The molecule has 1 aromatic heterocycles. The van der Waals surface area contributed by atoms with Gasteiger partial charge in [-0.1, -0.05) is 32.0 Å². The van der Waals surface area contributed by atoms with Crippen molar-refractivity contribution in [2.24, 2.45) is 0 Å². The molecule has 1 aromatic carbocycles. The van der Waals surface area contributed by atoms with Gasteiger partial charge >= 0.3 is 0 Å². The van der Waals surface area contributed by atoms with Crippen molar-refractivity contribution in [3.05, 3.63) is 42.1 Å². The maximum absolute atomic E-state index is 12.6. The highest BCUT2D eigenvalue weighted by Crippen LogP contribution is 2.13.